The Bertz CT molecular complexity index is 1510. The molecule has 7 heteroatoms. The zero-order valence-corrected chi connectivity index (χ0v) is 25.0. The lowest BCUT2D eigenvalue weighted by atomic mass is 9.78. The van der Waals surface area contributed by atoms with Crippen LogP contribution in [0.4, 0.5) is 5.69 Å². The van der Waals surface area contributed by atoms with Crippen molar-refractivity contribution in [3.05, 3.63) is 125 Å². The van der Waals surface area contributed by atoms with Gasteiger partial charge in [0.2, 0.25) is 5.91 Å². The molecular weight excluding hydrogens is 538 g/mol. The SMILES string of the molecule is CCN(CCCNC(=O)C1c2ccccc2C(=O)N(c2ccc(OC)cc2)C1c1ccc(OC)cc1)Cc1ccccc1. The van der Waals surface area contributed by atoms with E-state index in [0.29, 0.717) is 29.3 Å². The highest BCUT2D eigenvalue weighted by Crippen LogP contribution is 2.45. The Balaban J connectivity index is 1.43. The van der Waals surface area contributed by atoms with Crippen LogP contribution in [0.5, 0.6) is 11.5 Å². The Hall–Kier alpha value is -4.62. The average Bonchev–Trinajstić information content (AvgIpc) is 3.06. The number of anilines is 1. The molecule has 43 heavy (non-hydrogen) atoms. The maximum Gasteiger partial charge on any atom is 0.259 e. The van der Waals surface area contributed by atoms with Gasteiger partial charge in [-0.15, -0.1) is 0 Å². The summed E-state index contributed by atoms with van der Waals surface area (Å²) in [7, 11) is 3.23. The van der Waals surface area contributed by atoms with Gasteiger partial charge in [0.15, 0.2) is 0 Å². The first-order valence-corrected chi connectivity index (χ1v) is 14.8. The van der Waals surface area contributed by atoms with Crippen LogP contribution in [0.15, 0.2) is 103 Å². The summed E-state index contributed by atoms with van der Waals surface area (Å²) in [5.41, 5.74) is 4.08. The van der Waals surface area contributed by atoms with E-state index in [1.165, 1.54) is 5.56 Å². The van der Waals surface area contributed by atoms with Gasteiger partial charge in [0.05, 0.1) is 26.2 Å². The van der Waals surface area contributed by atoms with Crippen LogP contribution in [-0.2, 0) is 11.3 Å². The number of carbonyl (C=O) groups excluding carboxylic acids is 2. The molecule has 0 bridgehead atoms. The zero-order valence-electron chi connectivity index (χ0n) is 25.0. The number of carbonyl (C=O) groups is 2. The van der Waals surface area contributed by atoms with Gasteiger partial charge in [-0.2, -0.15) is 0 Å². The molecule has 7 nitrogen and oxygen atoms in total. The summed E-state index contributed by atoms with van der Waals surface area (Å²) in [5.74, 6) is 0.531. The fourth-order valence-corrected chi connectivity index (χ4v) is 5.80. The molecule has 1 N–H and O–H groups in total. The number of rotatable bonds is 12. The highest BCUT2D eigenvalue weighted by atomic mass is 16.5. The third-order valence-electron chi connectivity index (χ3n) is 8.08. The summed E-state index contributed by atoms with van der Waals surface area (Å²) in [5, 5.41) is 3.22. The van der Waals surface area contributed by atoms with Crippen molar-refractivity contribution in [3.8, 4) is 11.5 Å². The largest absolute Gasteiger partial charge is 0.497 e. The lowest BCUT2D eigenvalue weighted by molar-refractivity contribution is -0.123. The van der Waals surface area contributed by atoms with Gasteiger partial charge in [0.1, 0.15) is 11.5 Å². The van der Waals surface area contributed by atoms with Crippen molar-refractivity contribution >= 4 is 17.5 Å². The summed E-state index contributed by atoms with van der Waals surface area (Å²) in [4.78, 5) is 32.4. The molecule has 1 heterocycles. The van der Waals surface area contributed by atoms with Crippen LogP contribution in [0.25, 0.3) is 0 Å². The monoisotopic (exact) mass is 577 g/mol. The predicted octanol–water partition coefficient (Wildman–Crippen LogP) is 6.22. The van der Waals surface area contributed by atoms with E-state index >= 15 is 0 Å². The molecule has 2 atom stereocenters. The summed E-state index contributed by atoms with van der Waals surface area (Å²) in [6, 6.07) is 32.3. The number of amides is 2. The molecule has 0 saturated carbocycles. The minimum absolute atomic E-state index is 0.106. The molecule has 1 aliphatic heterocycles. The second kappa shape index (κ2) is 14.0. The Morgan fingerprint density at radius 2 is 1.47 bits per heavy atom. The van der Waals surface area contributed by atoms with Crippen molar-refractivity contribution in [2.45, 2.75) is 31.8 Å². The van der Waals surface area contributed by atoms with Crippen molar-refractivity contribution in [1.82, 2.24) is 10.2 Å². The van der Waals surface area contributed by atoms with Crippen molar-refractivity contribution in [2.75, 3.05) is 38.8 Å². The second-order valence-electron chi connectivity index (χ2n) is 10.7. The molecule has 4 aromatic carbocycles. The van der Waals surface area contributed by atoms with Crippen LogP contribution in [0.2, 0.25) is 0 Å². The molecule has 1 aliphatic rings. The van der Waals surface area contributed by atoms with Gasteiger partial charge >= 0.3 is 0 Å². The van der Waals surface area contributed by atoms with E-state index in [9.17, 15) is 9.59 Å². The van der Waals surface area contributed by atoms with Gasteiger partial charge in [0, 0.05) is 30.9 Å². The van der Waals surface area contributed by atoms with E-state index in [1.54, 1.807) is 25.2 Å². The van der Waals surface area contributed by atoms with Gasteiger partial charge in [-0.1, -0.05) is 67.6 Å². The molecule has 0 aromatic heterocycles. The number of nitrogens with one attached hydrogen (secondary N) is 1. The Morgan fingerprint density at radius 1 is 0.837 bits per heavy atom. The first-order valence-electron chi connectivity index (χ1n) is 14.8. The predicted molar refractivity (Wildman–Crippen MR) is 170 cm³/mol. The summed E-state index contributed by atoms with van der Waals surface area (Å²) in [6.45, 7) is 5.36. The van der Waals surface area contributed by atoms with Gasteiger partial charge < -0.3 is 14.8 Å². The quantitative estimate of drug-likeness (QED) is 0.203. The highest BCUT2D eigenvalue weighted by Gasteiger charge is 2.44. The number of benzene rings is 4. The van der Waals surface area contributed by atoms with Crippen LogP contribution in [0, 0.1) is 0 Å². The van der Waals surface area contributed by atoms with E-state index in [-0.39, 0.29) is 11.8 Å². The lowest BCUT2D eigenvalue weighted by Crippen LogP contribution is -2.48. The summed E-state index contributed by atoms with van der Waals surface area (Å²) < 4.78 is 10.8. The van der Waals surface area contributed by atoms with E-state index in [1.807, 2.05) is 72.8 Å². The topological polar surface area (TPSA) is 71.1 Å². The third kappa shape index (κ3) is 6.73. The molecule has 0 saturated heterocycles. The standard InChI is InChI=1S/C36H39N3O4/c1-4-38(25-26-11-6-5-7-12-26)24-10-23-37-35(40)33-31-13-8-9-14-32(31)36(41)39(28-17-21-30(43-3)22-18-28)34(33)27-15-19-29(42-2)20-16-27/h5-9,11-22,33-34H,4,10,23-25H2,1-3H3,(H,37,40). The van der Waals surface area contributed by atoms with Gasteiger partial charge in [0.25, 0.3) is 5.91 Å². The fourth-order valence-electron chi connectivity index (χ4n) is 5.80. The van der Waals surface area contributed by atoms with Gasteiger partial charge in [-0.25, -0.2) is 0 Å². The highest BCUT2D eigenvalue weighted by molar-refractivity contribution is 6.11. The van der Waals surface area contributed by atoms with Crippen LogP contribution in [-0.4, -0.2) is 50.6 Å². The zero-order chi connectivity index (χ0) is 30.2. The maximum absolute atomic E-state index is 14.1. The normalized spacial score (nSPS) is 16.1. The molecule has 4 aromatic rings. The smallest absolute Gasteiger partial charge is 0.259 e. The average molecular weight is 578 g/mol. The molecule has 5 rings (SSSR count). The maximum atomic E-state index is 14.1. The fraction of sp³-hybridized carbons (Fsp3) is 0.278. The Morgan fingerprint density at radius 3 is 2.12 bits per heavy atom. The van der Waals surface area contributed by atoms with Crippen LogP contribution in [0.3, 0.4) is 0 Å². The Kier molecular flexibility index (Phi) is 9.74. The van der Waals surface area contributed by atoms with E-state index in [4.69, 9.17) is 9.47 Å². The summed E-state index contributed by atoms with van der Waals surface area (Å²) >= 11 is 0. The molecular formula is C36H39N3O4. The Labute approximate surface area is 254 Å². The molecule has 2 amide bonds. The van der Waals surface area contributed by atoms with E-state index < -0.39 is 12.0 Å². The number of nitrogens with zero attached hydrogens (tertiary/aromatic N) is 2. The van der Waals surface area contributed by atoms with Crippen molar-refractivity contribution in [1.29, 1.82) is 0 Å². The first kappa shape index (κ1) is 29.9. The van der Waals surface area contributed by atoms with Crippen LogP contribution in [0.1, 0.15) is 52.4 Å². The molecule has 0 spiro atoms. The first-order chi connectivity index (χ1) is 21.0. The van der Waals surface area contributed by atoms with Crippen molar-refractivity contribution < 1.29 is 19.1 Å². The van der Waals surface area contributed by atoms with Crippen molar-refractivity contribution in [3.63, 3.8) is 0 Å². The van der Waals surface area contributed by atoms with E-state index in [2.05, 4.69) is 41.4 Å². The van der Waals surface area contributed by atoms with Gasteiger partial charge in [-0.05, 0) is 72.1 Å². The van der Waals surface area contributed by atoms with Gasteiger partial charge in [-0.3, -0.25) is 19.4 Å². The number of ether oxygens (including phenoxy) is 2. The summed E-state index contributed by atoms with van der Waals surface area (Å²) in [6.07, 6.45) is 0.815. The van der Waals surface area contributed by atoms with Crippen molar-refractivity contribution in [2.24, 2.45) is 0 Å². The lowest BCUT2D eigenvalue weighted by Gasteiger charge is -2.42. The minimum atomic E-state index is -0.615. The van der Waals surface area contributed by atoms with Crippen LogP contribution >= 0.6 is 0 Å². The molecule has 2 unspecified atom stereocenters. The number of fused-ring (bicyclic) bond motifs is 1. The molecule has 0 radical (unpaired) electrons. The van der Waals surface area contributed by atoms with Crippen LogP contribution < -0.4 is 19.7 Å². The minimum Gasteiger partial charge on any atom is -0.497 e. The number of hydrogen-bond donors (Lipinski definition) is 1. The molecule has 0 fully saturated rings. The molecule has 0 aliphatic carbocycles. The third-order valence-corrected chi connectivity index (χ3v) is 8.08. The molecule has 222 valence electrons. The second-order valence-corrected chi connectivity index (χ2v) is 10.7. The number of hydrogen-bond acceptors (Lipinski definition) is 5. The van der Waals surface area contributed by atoms with E-state index in [0.717, 1.165) is 37.2 Å². The number of methoxy groups -OCH3 is 2.